The summed E-state index contributed by atoms with van der Waals surface area (Å²) in [5.41, 5.74) is 1.19. The molecule has 0 aliphatic carbocycles. The first kappa shape index (κ1) is 19.1. The molecule has 0 aliphatic rings. The van der Waals surface area contributed by atoms with Crippen LogP contribution in [0.2, 0.25) is 0 Å². The zero-order valence-corrected chi connectivity index (χ0v) is 14.7. The van der Waals surface area contributed by atoms with Gasteiger partial charge in [0.05, 0.1) is 6.61 Å². The molecule has 0 radical (unpaired) electrons. The van der Waals surface area contributed by atoms with E-state index in [1.165, 1.54) is 4.90 Å². The van der Waals surface area contributed by atoms with Gasteiger partial charge in [-0.1, -0.05) is 30.9 Å². The Hall–Kier alpha value is -3.28. The molecule has 136 valence electrons. The molecule has 0 atom stereocenters. The fraction of sp³-hybridized carbons (Fsp3) is 0.200. The molecule has 0 spiro atoms. The van der Waals surface area contributed by atoms with E-state index in [-0.39, 0.29) is 13.2 Å². The van der Waals surface area contributed by atoms with Crippen molar-refractivity contribution in [2.24, 2.45) is 0 Å². The summed E-state index contributed by atoms with van der Waals surface area (Å²) in [6, 6.07) is 15.5. The van der Waals surface area contributed by atoms with Crippen LogP contribution in [0.1, 0.15) is 6.92 Å². The molecule has 2 aromatic rings. The van der Waals surface area contributed by atoms with Crippen LogP contribution in [0.3, 0.4) is 0 Å². The second-order valence-electron chi connectivity index (χ2n) is 5.28. The van der Waals surface area contributed by atoms with E-state index in [1.807, 2.05) is 18.2 Å². The number of hydrogen-bond donors (Lipinski definition) is 1. The predicted molar refractivity (Wildman–Crippen MR) is 102 cm³/mol. The molecule has 0 saturated heterocycles. The molecule has 0 unspecified atom stereocenters. The molecule has 0 heterocycles. The van der Waals surface area contributed by atoms with E-state index in [2.05, 4.69) is 11.9 Å². The van der Waals surface area contributed by atoms with Crippen LogP contribution in [0, 0.1) is 0 Å². The van der Waals surface area contributed by atoms with Crippen molar-refractivity contribution in [3.05, 3.63) is 67.3 Å². The molecular formula is C20H22N2O4. The lowest BCUT2D eigenvalue weighted by Crippen LogP contribution is -2.39. The number of hydrogen-bond acceptors (Lipinski definition) is 4. The minimum absolute atomic E-state index is 0.195. The van der Waals surface area contributed by atoms with Gasteiger partial charge < -0.3 is 14.8 Å². The third-order valence-corrected chi connectivity index (χ3v) is 3.38. The summed E-state index contributed by atoms with van der Waals surface area (Å²) in [7, 11) is 0. The standard InChI is InChI=1S/C20H22N2O4/c1-3-14-26-18-12-10-17(11-13-18)22(15-19(23)25-4-2)20(24)21-16-8-6-5-7-9-16/h3,5-13H,1,4,14-15H2,2H3,(H,21,24). The molecule has 0 bridgehead atoms. The van der Waals surface area contributed by atoms with E-state index in [0.29, 0.717) is 23.7 Å². The first-order valence-electron chi connectivity index (χ1n) is 8.27. The minimum atomic E-state index is -0.484. The van der Waals surface area contributed by atoms with Crippen LogP contribution in [-0.4, -0.2) is 31.8 Å². The van der Waals surface area contributed by atoms with Gasteiger partial charge in [-0.05, 0) is 43.3 Å². The van der Waals surface area contributed by atoms with E-state index in [9.17, 15) is 9.59 Å². The monoisotopic (exact) mass is 354 g/mol. The Kier molecular flexibility index (Phi) is 7.24. The predicted octanol–water partition coefficient (Wildman–Crippen LogP) is 3.85. The number of urea groups is 1. The molecule has 26 heavy (non-hydrogen) atoms. The highest BCUT2D eigenvalue weighted by Crippen LogP contribution is 2.21. The maximum absolute atomic E-state index is 12.7. The lowest BCUT2D eigenvalue weighted by Gasteiger charge is -2.22. The number of benzene rings is 2. The number of anilines is 2. The highest BCUT2D eigenvalue weighted by atomic mass is 16.5. The Morgan fingerprint density at radius 3 is 2.42 bits per heavy atom. The van der Waals surface area contributed by atoms with Crippen molar-refractivity contribution < 1.29 is 19.1 Å². The Labute approximate surface area is 153 Å². The van der Waals surface area contributed by atoms with Gasteiger partial charge in [-0.15, -0.1) is 0 Å². The third-order valence-electron chi connectivity index (χ3n) is 3.38. The number of para-hydroxylation sites is 1. The van der Waals surface area contributed by atoms with Gasteiger partial charge in [0.2, 0.25) is 0 Å². The van der Waals surface area contributed by atoms with Crippen molar-refractivity contribution in [3.63, 3.8) is 0 Å². The average Bonchev–Trinajstić information content (AvgIpc) is 2.66. The van der Waals surface area contributed by atoms with E-state index >= 15 is 0 Å². The molecule has 2 amide bonds. The van der Waals surface area contributed by atoms with Crippen molar-refractivity contribution >= 4 is 23.4 Å². The molecule has 1 N–H and O–H groups in total. The number of nitrogens with one attached hydrogen (secondary N) is 1. The van der Waals surface area contributed by atoms with Gasteiger partial charge >= 0.3 is 12.0 Å². The number of ether oxygens (including phenoxy) is 2. The van der Waals surface area contributed by atoms with Gasteiger partial charge in [0.1, 0.15) is 18.9 Å². The van der Waals surface area contributed by atoms with E-state index in [0.717, 1.165) is 0 Å². The summed E-state index contributed by atoms with van der Waals surface area (Å²) in [5.74, 6) is 0.163. The topological polar surface area (TPSA) is 67.9 Å². The summed E-state index contributed by atoms with van der Waals surface area (Å²) < 4.78 is 10.4. The van der Waals surface area contributed by atoms with Gasteiger partial charge in [0.25, 0.3) is 0 Å². The Morgan fingerprint density at radius 2 is 1.81 bits per heavy atom. The van der Waals surface area contributed by atoms with Gasteiger partial charge in [0.15, 0.2) is 0 Å². The van der Waals surface area contributed by atoms with E-state index < -0.39 is 12.0 Å². The third kappa shape index (κ3) is 5.66. The van der Waals surface area contributed by atoms with Crippen LogP contribution in [0.25, 0.3) is 0 Å². The summed E-state index contributed by atoms with van der Waals surface area (Å²) in [4.78, 5) is 25.9. The molecule has 2 rings (SSSR count). The number of esters is 1. The lowest BCUT2D eigenvalue weighted by molar-refractivity contribution is -0.141. The van der Waals surface area contributed by atoms with Crippen LogP contribution in [0.5, 0.6) is 5.75 Å². The average molecular weight is 354 g/mol. The zero-order chi connectivity index (χ0) is 18.8. The van der Waals surface area contributed by atoms with Crippen LogP contribution in [-0.2, 0) is 9.53 Å². The van der Waals surface area contributed by atoms with Gasteiger partial charge in [0, 0.05) is 11.4 Å². The summed E-state index contributed by atoms with van der Waals surface area (Å²) in [6.45, 7) is 5.76. The Bertz CT molecular complexity index is 729. The van der Waals surface area contributed by atoms with Crippen molar-refractivity contribution in [1.29, 1.82) is 0 Å². The maximum atomic E-state index is 12.7. The summed E-state index contributed by atoms with van der Waals surface area (Å²) in [5, 5.41) is 2.77. The molecule has 0 aromatic heterocycles. The van der Waals surface area contributed by atoms with Crippen LogP contribution >= 0.6 is 0 Å². The number of carbonyl (C=O) groups excluding carboxylic acids is 2. The van der Waals surface area contributed by atoms with Gasteiger partial charge in [-0.25, -0.2) is 4.79 Å². The van der Waals surface area contributed by atoms with Crippen LogP contribution < -0.4 is 15.0 Å². The van der Waals surface area contributed by atoms with E-state index in [1.54, 1.807) is 49.4 Å². The fourth-order valence-electron chi connectivity index (χ4n) is 2.21. The second-order valence-corrected chi connectivity index (χ2v) is 5.28. The smallest absolute Gasteiger partial charge is 0.326 e. The van der Waals surface area contributed by atoms with Crippen molar-refractivity contribution in [3.8, 4) is 5.75 Å². The summed E-state index contributed by atoms with van der Waals surface area (Å²) >= 11 is 0. The number of rotatable bonds is 8. The van der Waals surface area contributed by atoms with Crippen molar-refractivity contribution in [2.45, 2.75) is 6.92 Å². The second kappa shape index (κ2) is 9.88. The van der Waals surface area contributed by atoms with Crippen molar-refractivity contribution in [2.75, 3.05) is 30.0 Å². The minimum Gasteiger partial charge on any atom is -0.490 e. The lowest BCUT2D eigenvalue weighted by atomic mass is 10.2. The molecule has 0 fully saturated rings. The molecule has 0 aliphatic heterocycles. The van der Waals surface area contributed by atoms with Gasteiger partial charge in [-0.3, -0.25) is 9.69 Å². The molecule has 6 nitrogen and oxygen atoms in total. The SMILES string of the molecule is C=CCOc1ccc(N(CC(=O)OCC)C(=O)Nc2ccccc2)cc1. The normalized spacial score (nSPS) is 9.88. The Morgan fingerprint density at radius 1 is 1.12 bits per heavy atom. The van der Waals surface area contributed by atoms with Gasteiger partial charge in [-0.2, -0.15) is 0 Å². The van der Waals surface area contributed by atoms with Crippen LogP contribution in [0.4, 0.5) is 16.2 Å². The number of carbonyl (C=O) groups is 2. The Balaban J connectivity index is 2.18. The highest BCUT2D eigenvalue weighted by Gasteiger charge is 2.20. The molecule has 2 aromatic carbocycles. The first-order valence-corrected chi connectivity index (χ1v) is 8.27. The quantitative estimate of drug-likeness (QED) is 0.577. The molecule has 0 saturated carbocycles. The summed E-state index contributed by atoms with van der Waals surface area (Å²) in [6.07, 6.45) is 1.65. The number of nitrogens with zero attached hydrogens (tertiary/aromatic N) is 1. The van der Waals surface area contributed by atoms with E-state index in [4.69, 9.17) is 9.47 Å². The zero-order valence-electron chi connectivity index (χ0n) is 14.7. The molecule has 6 heteroatoms. The van der Waals surface area contributed by atoms with Crippen LogP contribution in [0.15, 0.2) is 67.3 Å². The largest absolute Gasteiger partial charge is 0.490 e. The van der Waals surface area contributed by atoms with Crippen molar-refractivity contribution in [1.82, 2.24) is 0 Å². The highest BCUT2D eigenvalue weighted by molar-refractivity contribution is 6.04. The number of amides is 2. The first-order chi connectivity index (χ1) is 12.6. The molecular weight excluding hydrogens is 332 g/mol. The fourth-order valence-corrected chi connectivity index (χ4v) is 2.21. The maximum Gasteiger partial charge on any atom is 0.326 e.